The molecular weight excluding hydrogens is 511 g/mol. The number of hydrogen-bond acceptors (Lipinski definition) is 3. The van der Waals surface area contributed by atoms with Crippen LogP contribution in [-0.4, -0.2) is 20.9 Å². The summed E-state index contributed by atoms with van der Waals surface area (Å²) in [5, 5.41) is 3.50. The Balaban J connectivity index is 1.95. The molecule has 0 unspecified atom stereocenters. The van der Waals surface area contributed by atoms with Gasteiger partial charge in [0.15, 0.2) is 0 Å². The van der Waals surface area contributed by atoms with Crippen LogP contribution in [-0.2, 0) is 14.8 Å². The number of rotatable bonds is 6. The van der Waals surface area contributed by atoms with Gasteiger partial charge in [-0.15, -0.1) is 0 Å². The predicted molar refractivity (Wildman–Crippen MR) is 125 cm³/mol. The number of hydrogen-bond donors (Lipinski definition) is 1. The van der Waals surface area contributed by atoms with Crippen LogP contribution in [0.25, 0.3) is 0 Å². The summed E-state index contributed by atoms with van der Waals surface area (Å²) in [5.41, 5.74) is 1.54. The Morgan fingerprint density at radius 1 is 1.00 bits per heavy atom. The Morgan fingerprint density at radius 2 is 1.70 bits per heavy atom. The fourth-order valence-electron chi connectivity index (χ4n) is 2.68. The smallest absolute Gasteiger partial charge is 0.264 e. The number of benzene rings is 3. The minimum absolute atomic E-state index is 0.0705. The molecule has 1 amide bonds. The van der Waals surface area contributed by atoms with E-state index in [4.69, 9.17) is 23.2 Å². The first-order valence-corrected chi connectivity index (χ1v) is 11.8. The molecule has 0 aliphatic rings. The SMILES string of the molecule is Cc1ccc(N(CC(=O)Nc2ccc(Br)c(Cl)c2)S(=O)(=O)c2ccccc2)cc1Cl. The molecule has 0 aromatic heterocycles. The van der Waals surface area contributed by atoms with Crippen LogP contribution in [0.2, 0.25) is 10.0 Å². The monoisotopic (exact) mass is 526 g/mol. The number of nitrogens with one attached hydrogen (secondary N) is 1. The number of sulfonamides is 1. The van der Waals surface area contributed by atoms with E-state index >= 15 is 0 Å². The Labute approximate surface area is 193 Å². The van der Waals surface area contributed by atoms with Gasteiger partial charge < -0.3 is 5.32 Å². The molecule has 156 valence electrons. The molecule has 5 nitrogen and oxygen atoms in total. The summed E-state index contributed by atoms with van der Waals surface area (Å²) >= 11 is 15.6. The van der Waals surface area contributed by atoms with Gasteiger partial charge in [0.1, 0.15) is 6.54 Å². The molecule has 3 aromatic carbocycles. The predicted octanol–water partition coefficient (Wildman–Crippen LogP) is 5.90. The minimum atomic E-state index is -4.01. The lowest BCUT2D eigenvalue weighted by Gasteiger charge is -2.24. The van der Waals surface area contributed by atoms with Gasteiger partial charge in [-0.3, -0.25) is 9.10 Å². The molecule has 0 atom stereocenters. The fraction of sp³-hybridized carbons (Fsp3) is 0.0952. The third kappa shape index (κ3) is 5.16. The molecule has 0 saturated heterocycles. The quantitative estimate of drug-likeness (QED) is 0.434. The first kappa shape index (κ1) is 22.6. The van der Waals surface area contributed by atoms with E-state index in [0.717, 1.165) is 9.87 Å². The molecule has 0 bridgehead atoms. The standard InChI is InChI=1S/C21H17BrCl2N2O3S/c1-14-7-9-16(12-19(14)23)26(30(28,29)17-5-3-2-4-6-17)13-21(27)25-15-8-10-18(22)20(24)11-15/h2-12H,13H2,1H3,(H,25,27). The zero-order chi connectivity index (χ0) is 21.9. The van der Waals surface area contributed by atoms with E-state index in [2.05, 4.69) is 21.2 Å². The van der Waals surface area contributed by atoms with Crippen LogP contribution in [0, 0.1) is 6.92 Å². The molecule has 3 aromatic rings. The summed E-state index contributed by atoms with van der Waals surface area (Å²) in [6, 6.07) is 17.7. The van der Waals surface area contributed by atoms with Crippen LogP contribution in [0.3, 0.4) is 0 Å². The topological polar surface area (TPSA) is 66.5 Å². The van der Waals surface area contributed by atoms with Crippen molar-refractivity contribution in [3.63, 3.8) is 0 Å². The Bertz CT molecular complexity index is 1190. The number of carbonyl (C=O) groups excluding carboxylic acids is 1. The Hall–Kier alpha value is -2.06. The average Bonchev–Trinajstić information content (AvgIpc) is 2.72. The second kappa shape index (κ2) is 9.39. The number of anilines is 2. The van der Waals surface area contributed by atoms with Crippen molar-refractivity contribution in [1.29, 1.82) is 0 Å². The van der Waals surface area contributed by atoms with Crippen molar-refractivity contribution in [1.82, 2.24) is 0 Å². The van der Waals surface area contributed by atoms with Crippen molar-refractivity contribution in [2.75, 3.05) is 16.2 Å². The zero-order valence-corrected chi connectivity index (χ0v) is 19.7. The van der Waals surface area contributed by atoms with E-state index in [0.29, 0.717) is 25.9 Å². The van der Waals surface area contributed by atoms with E-state index < -0.39 is 22.5 Å². The Kier molecular flexibility index (Phi) is 7.08. The van der Waals surface area contributed by atoms with E-state index in [1.807, 2.05) is 6.92 Å². The molecule has 0 radical (unpaired) electrons. The second-order valence-corrected chi connectivity index (χ2v) is 9.97. The first-order valence-electron chi connectivity index (χ1n) is 8.77. The van der Waals surface area contributed by atoms with E-state index in [-0.39, 0.29) is 4.90 Å². The minimum Gasteiger partial charge on any atom is -0.324 e. The van der Waals surface area contributed by atoms with Gasteiger partial charge in [-0.1, -0.05) is 47.5 Å². The third-order valence-electron chi connectivity index (χ3n) is 4.27. The molecule has 0 aliphatic carbocycles. The maximum absolute atomic E-state index is 13.3. The lowest BCUT2D eigenvalue weighted by atomic mass is 10.2. The molecule has 0 spiro atoms. The van der Waals surface area contributed by atoms with Gasteiger partial charge >= 0.3 is 0 Å². The van der Waals surface area contributed by atoms with Crippen molar-refractivity contribution in [3.8, 4) is 0 Å². The summed E-state index contributed by atoms with van der Waals surface area (Å²) in [5.74, 6) is -0.524. The van der Waals surface area contributed by atoms with Crippen LogP contribution in [0.4, 0.5) is 11.4 Å². The molecule has 1 N–H and O–H groups in total. The van der Waals surface area contributed by atoms with Crippen molar-refractivity contribution in [2.45, 2.75) is 11.8 Å². The van der Waals surface area contributed by atoms with Crippen LogP contribution in [0.1, 0.15) is 5.56 Å². The van der Waals surface area contributed by atoms with Gasteiger partial charge in [-0.05, 0) is 70.9 Å². The average molecular weight is 528 g/mol. The van der Waals surface area contributed by atoms with Gasteiger partial charge in [-0.25, -0.2) is 8.42 Å². The highest BCUT2D eigenvalue weighted by atomic mass is 79.9. The van der Waals surface area contributed by atoms with E-state index in [1.165, 1.54) is 18.2 Å². The number of nitrogens with zero attached hydrogens (tertiary/aromatic N) is 1. The molecular formula is C21H17BrCl2N2O3S. The van der Waals surface area contributed by atoms with E-state index in [1.54, 1.807) is 48.5 Å². The molecule has 30 heavy (non-hydrogen) atoms. The van der Waals surface area contributed by atoms with E-state index in [9.17, 15) is 13.2 Å². The fourth-order valence-corrected chi connectivity index (χ4v) is 4.71. The number of halogens is 3. The summed E-state index contributed by atoms with van der Waals surface area (Å²) < 4.78 is 28.3. The van der Waals surface area contributed by atoms with Gasteiger partial charge in [0.25, 0.3) is 10.0 Å². The maximum atomic E-state index is 13.3. The molecule has 3 rings (SSSR count). The zero-order valence-electron chi connectivity index (χ0n) is 15.8. The molecule has 0 heterocycles. The van der Waals surface area contributed by atoms with Gasteiger partial charge in [0.05, 0.1) is 15.6 Å². The van der Waals surface area contributed by atoms with Crippen molar-refractivity contribution >= 4 is 66.4 Å². The number of aryl methyl sites for hydroxylation is 1. The van der Waals surface area contributed by atoms with Gasteiger partial charge in [0.2, 0.25) is 5.91 Å². The largest absolute Gasteiger partial charge is 0.324 e. The molecule has 9 heteroatoms. The van der Waals surface area contributed by atoms with Crippen LogP contribution < -0.4 is 9.62 Å². The molecule has 0 aliphatic heterocycles. The van der Waals surface area contributed by atoms with Crippen LogP contribution in [0.5, 0.6) is 0 Å². The second-order valence-electron chi connectivity index (χ2n) is 6.44. The van der Waals surface area contributed by atoms with Gasteiger partial charge in [-0.2, -0.15) is 0 Å². The summed E-state index contributed by atoms with van der Waals surface area (Å²) in [4.78, 5) is 12.8. The number of amides is 1. The first-order chi connectivity index (χ1) is 14.2. The Morgan fingerprint density at radius 3 is 2.33 bits per heavy atom. The highest BCUT2D eigenvalue weighted by molar-refractivity contribution is 9.10. The van der Waals surface area contributed by atoms with Crippen LogP contribution >= 0.6 is 39.1 Å². The van der Waals surface area contributed by atoms with Gasteiger partial charge in [0, 0.05) is 15.2 Å². The molecule has 0 fully saturated rings. The lowest BCUT2D eigenvalue weighted by molar-refractivity contribution is -0.114. The molecule has 0 saturated carbocycles. The lowest BCUT2D eigenvalue weighted by Crippen LogP contribution is -2.38. The normalized spacial score (nSPS) is 11.2. The summed E-state index contributed by atoms with van der Waals surface area (Å²) in [6.07, 6.45) is 0. The third-order valence-corrected chi connectivity index (χ3v) is 7.69. The summed E-state index contributed by atoms with van der Waals surface area (Å²) in [7, 11) is -4.01. The highest BCUT2D eigenvalue weighted by Gasteiger charge is 2.27. The van der Waals surface area contributed by atoms with Crippen molar-refractivity contribution in [2.24, 2.45) is 0 Å². The van der Waals surface area contributed by atoms with Crippen molar-refractivity contribution < 1.29 is 13.2 Å². The maximum Gasteiger partial charge on any atom is 0.264 e. The number of carbonyl (C=O) groups is 1. The van der Waals surface area contributed by atoms with Crippen molar-refractivity contribution in [3.05, 3.63) is 86.8 Å². The van der Waals surface area contributed by atoms with Crippen LogP contribution in [0.15, 0.2) is 76.1 Å². The summed E-state index contributed by atoms with van der Waals surface area (Å²) in [6.45, 7) is 1.37. The highest BCUT2D eigenvalue weighted by Crippen LogP contribution is 2.29.